The maximum Gasteiger partial charge on any atom is 0.337 e. The van der Waals surface area contributed by atoms with Crippen molar-refractivity contribution < 1.29 is 14.8 Å². The highest BCUT2D eigenvalue weighted by molar-refractivity contribution is 7.99. The average Bonchev–Trinajstić information content (AvgIpc) is 2.38. The molecule has 0 heterocycles. The van der Waals surface area contributed by atoms with E-state index < -0.39 is 10.9 Å². The fourth-order valence-electron chi connectivity index (χ4n) is 1.69. The van der Waals surface area contributed by atoms with Crippen molar-refractivity contribution in [3.05, 3.63) is 63.7 Å². The minimum absolute atomic E-state index is 0.0642. The number of non-ortho nitro benzene ring substituents is 1. The number of carboxylic acids is 1. The Morgan fingerprint density at radius 2 is 2.00 bits per heavy atom. The predicted molar refractivity (Wildman–Crippen MR) is 75.4 cm³/mol. The monoisotopic (exact) mass is 289 g/mol. The van der Waals surface area contributed by atoms with Gasteiger partial charge >= 0.3 is 5.97 Å². The highest BCUT2D eigenvalue weighted by Crippen LogP contribution is 2.32. The number of hydrogen-bond acceptors (Lipinski definition) is 4. The molecular formula is C14H11NO4S. The molecule has 0 aliphatic rings. The zero-order valence-electron chi connectivity index (χ0n) is 10.6. The normalized spacial score (nSPS) is 10.2. The molecule has 0 aromatic heterocycles. The van der Waals surface area contributed by atoms with Crippen molar-refractivity contribution in [2.24, 2.45) is 0 Å². The molecule has 0 unspecified atom stereocenters. The van der Waals surface area contributed by atoms with E-state index in [4.69, 9.17) is 5.11 Å². The summed E-state index contributed by atoms with van der Waals surface area (Å²) in [7, 11) is 0. The fraction of sp³-hybridized carbons (Fsp3) is 0.0714. The lowest BCUT2D eigenvalue weighted by Crippen LogP contribution is -2.00. The van der Waals surface area contributed by atoms with E-state index in [-0.39, 0.29) is 11.3 Å². The number of aryl methyl sites for hydroxylation is 1. The quantitative estimate of drug-likeness (QED) is 0.684. The Bertz CT molecular complexity index is 685. The van der Waals surface area contributed by atoms with Crippen LogP contribution in [0.3, 0.4) is 0 Å². The first-order valence-electron chi connectivity index (χ1n) is 5.73. The van der Waals surface area contributed by atoms with Crippen LogP contribution in [0.5, 0.6) is 0 Å². The summed E-state index contributed by atoms with van der Waals surface area (Å²) < 4.78 is 0. The minimum Gasteiger partial charge on any atom is -0.478 e. The van der Waals surface area contributed by atoms with E-state index in [1.807, 2.05) is 31.2 Å². The molecule has 102 valence electrons. The van der Waals surface area contributed by atoms with Gasteiger partial charge in [0.25, 0.3) is 5.69 Å². The van der Waals surface area contributed by atoms with Gasteiger partial charge < -0.3 is 5.11 Å². The molecule has 0 aliphatic carbocycles. The number of hydrogen-bond donors (Lipinski definition) is 1. The molecule has 1 N–H and O–H groups in total. The first-order valence-corrected chi connectivity index (χ1v) is 6.55. The maximum absolute atomic E-state index is 11.2. The molecule has 20 heavy (non-hydrogen) atoms. The van der Waals surface area contributed by atoms with Crippen LogP contribution in [0.15, 0.2) is 52.3 Å². The Morgan fingerprint density at radius 1 is 1.25 bits per heavy atom. The van der Waals surface area contributed by atoms with Gasteiger partial charge in [-0.15, -0.1) is 0 Å². The largest absolute Gasteiger partial charge is 0.478 e. The van der Waals surface area contributed by atoms with Crippen molar-refractivity contribution >= 4 is 23.4 Å². The Morgan fingerprint density at radius 3 is 2.60 bits per heavy atom. The van der Waals surface area contributed by atoms with Crippen LogP contribution in [0.4, 0.5) is 5.69 Å². The average molecular weight is 289 g/mol. The molecule has 0 bridgehead atoms. The van der Waals surface area contributed by atoms with Crippen LogP contribution in [0, 0.1) is 17.0 Å². The minimum atomic E-state index is -1.18. The second-order valence-electron chi connectivity index (χ2n) is 4.16. The van der Waals surface area contributed by atoms with E-state index >= 15 is 0 Å². The van der Waals surface area contributed by atoms with Gasteiger partial charge in [-0.2, -0.15) is 0 Å². The van der Waals surface area contributed by atoms with E-state index in [0.29, 0.717) is 4.90 Å². The number of nitro benzene ring substituents is 1. The maximum atomic E-state index is 11.2. The van der Waals surface area contributed by atoms with Crippen molar-refractivity contribution in [1.82, 2.24) is 0 Å². The Labute approximate surface area is 119 Å². The van der Waals surface area contributed by atoms with Crippen LogP contribution < -0.4 is 0 Å². The standard InChI is InChI=1S/C14H11NO4S/c1-9-3-2-4-11(7-9)20-13-6-5-10(15(18)19)8-12(13)14(16)17/h2-8H,1H3,(H,16,17). The summed E-state index contributed by atoms with van der Waals surface area (Å²) in [6.45, 7) is 1.94. The number of nitrogens with zero attached hydrogens (tertiary/aromatic N) is 1. The molecule has 0 radical (unpaired) electrons. The lowest BCUT2D eigenvalue weighted by Gasteiger charge is -2.06. The summed E-state index contributed by atoms with van der Waals surface area (Å²) >= 11 is 1.27. The number of carbonyl (C=O) groups is 1. The van der Waals surface area contributed by atoms with E-state index in [1.165, 1.54) is 23.9 Å². The lowest BCUT2D eigenvalue weighted by atomic mass is 10.2. The molecular weight excluding hydrogens is 278 g/mol. The van der Waals surface area contributed by atoms with Crippen molar-refractivity contribution in [3.8, 4) is 0 Å². The predicted octanol–water partition coefficient (Wildman–Crippen LogP) is 3.75. The van der Waals surface area contributed by atoms with Gasteiger partial charge in [0.15, 0.2) is 0 Å². The van der Waals surface area contributed by atoms with Gasteiger partial charge in [-0.1, -0.05) is 29.5 Å². The SMILES string of the molecule is Cc1cccc(Sc2ccc([N+](=O)[O-])cc2C(=O)O)c1. The zero-order chi connectivity index (χ0) is 14.7. The van der Waals surface area contributed by atoms with Crippen LogP contribution in [-0.4, -0.2) is 16.0 Å². The van der Waals surface area contributed by atoms with Crippen LogP contribution in [0.25, 0.3) is 0 Å². The molecule has 0 atom stereocenters. The molecule has 0 saturated heterocycles. The van der Waals surface area contributed by atoms with Crippen LogP contribution in [-0.2, 0) is 0 Å². The third-order valence-corrected chi connectivity index (χ3v) is 3.69. The number of aromatic carboxylic acids is 1. The highest BCUT2D eigenvalue weighted by Gasteiger charge is 2.16. The first-order chi connectivity index (χ1) is 9.47. The van der Waals surface area contributed by atoms with E-state index in [0.717, 1.165) is 16.5 Å². The smallest absolute Gasteiger partial charge is 0.337 e. The summed E-state index contributed by atoms with van der Waals surface area (Å²) in [6.07, 6.45) is 0. The molecule has 5 nitrogen and oxygen atoms in total. The first kappa shape index (κ1) is 14.1. The van der Waals surface area contributed by atoms with Crippen molar-refractivity contribution in [2.75, 3.05) is 0 Å². The third-order valence-electron chi connectivity index (χ3n) is 2.62. The number of nitro groups is 1. The van der Waals surface area contributed by atoms with E-state index in [9.17, 15) is 14.9 Å². The van der Waals surface area contributed by atoms with Gasteiger partial charge in [-0.05, 0) is 25.1 Å². The van der Waals surface area contributed by atoms with Gasteiger partial charge in [0.05, 0.1) is 10.5 Å². The number of benzene rings is 2. The van der Waals surface area contributed by atoms with Gasteiger partial charge in [-0.3, -0.25) is 10.1 Å². The van der Waals surface area contributed by atoms with Crippen molar-refractivity contribution in [2.45, 2.75) is 16.7 Å². The van der Waals surface area contributed by atoms with Crippen LogP contribution in [0.2, 0.25) is 0 Å². The van der Waals surface area contributed by atoms with Gasteiger partial charge in [0, 0.05) is 21.9 Å². The summed E-state index contributed by atoms with van der Waals surface area (Å²) in [5, 5.41) is 19.9. The molecule has 0 amide bonds. The van der Waals surface area contributed by atoms with E-state index in [2.05, 4.69) is 0 Å². The van der Waals surface area contributed by atoms with Crippen molar-refractivity contribution in [3.63, 3.8) is 0 Å². The third kappa shape index (κ3) is 3.16. The topological polar surface area (TPSA) is 80.4 Å². The zero-order valence-corrected chi connectivity index (χ0v) is 11.4. The van der Waals surface area contributed by atoms with E-state index in [1.54, 1.807) is 0 Å². The summed E-state index contributed by atoms with van der Waals surface area (Å²) in [5.41, 5.74) is 0.774. The van der Waals surface area contributed by atoms with Crippen LogP contribution >= 0.6 is 11.8 Å². The molecule has 0 spiro atoms. The molecule has 2 aromatic rings. The molecule has 6 heteroatoms. The second kappa shape index (κ2) is 5.75. The second-order valence-corrected chi connectivity index (χ2v) is 5.28. The van der Waals surface area contributed by atoms with Crippen LogP contribution in [0.1, 0.15) is 15.9 Å². The Kier molecular flexibility index (Phi) is 4.05. The summed E-state index contributed by atoms with van der Waals surface area (Å²) in [5.74, 6) is -1.18. The highest BCUT2D eigenvalue weighted by atomic mass is 32.2. The lowest BCUT2D eigenvalue weighted by molar-refractivity contribution is -0.384. The van der Waals surface area contributed by atoms with Gasteiger partial charge in [0.2, 0.25) is 0 Å². The fourth-order valence-corrected chi connectivity index (χ4v) is 2.73. The molecule has 0 aliphatic heterocycles. The molecule has 2 rings (SSSR count). The molecule has 0 fully saturated rings. The van der Waals surface area contributed by atoms with Gasteiger partial charge in [0.1, 0.15) is 0 Å². The van der Waals surface area contributed by atoms with Gasteiger partial charge in [-0.25, -0.2) is 4.79 Å². The number of carboxylic acid groups (broad SMARTS) is 1. The summed E-state index contributed by atoms with van der Waals surface area (Å²) in [6, 6.07) is 11.5. The Balaban J connectivity index is 2.41. The Hall–Kier alpha value is -2.34. The summed E-state index contributed by atoms with van der Waals surface area (Å²) in [4.78, 5) is 22.7. The number of rotatable bonds is 4. The van der Waals surface area contributed by atoms with Crippen molar-refractivity contribution in [1.29, 1.82) is 0 Å². The molecule has 2 aromatic carbocycles. The molecule has 0 saturated carbocycles.